The van der Waals surface area contributed by atoms with E-state index in [9.17, 15) is 13.5 Å². The van der Waals surface area contributed by atoms with Crippen LogP contribution in [0.2, 0.25) is 10.0 Å². The van der Waals surface area contributed by atoms with Gasteiger partial charge < -0.3 is 10.4 Å². The predicted octanol–water partition coefficient (Wildman–Crippen LogP) is 3.40. The van der Waals surface area contributed by atoms with Crippen LogP contribution in [0, 0.1) is 0 Å². The molecular formula is C17H17Cl2NO3S. The molecule has 3 rings (SSSR count). The first-order valence-corrected chi connectivity index (χ1v) is 9.81. The van der Waals surface area contributed by atoms with E-state index in [0.29, 0.717) is 36.5 Å². The standard InChI is InChI=1S/C17H17Cl2NO3S/c18-12-5-6-16(14(19)11-12)24(22,23)15-4-2-1-3-13(15)17(21)7-9-20-10-8-17/h1-6,11,20-21H,7-10H2. The molecule has 24 heavy (non-hydrogen) atoms. The van der Waals surface area contributed by atoms with Crippen molar-refractivity contribution in [2.75, 3.05) is 13.1 Å². The van der Waals surface area contributed by atoms with Gasteiger partial charge in [0.05, 0.1) is 20.4 Å². The molecule has 2 N–H and O–H groups in total. The van der Waals surface area contributed by atoms with Crippen LogP contribution < -0.4 is 5.32 Å². The van der Waals surface area contributed by atoms with Crippen LogP contribution in [0.25, 0.3) is 0 Å². The minimum atomic E-state index is -3.88. The molecule has 1 aliphatic rings. The fourth-order valence-electron chi connectivity index (χ4n) is 3.01. The summed E-state index contributed by atoms with van der Waals surface area (Å²) in [6.45, 7) is 1.26. The van der Waals surface area contributed by atoms with Crippen LogP contribution in [0.3, 0.4) is 0 Å². The van der Waals surface area contributed by atoms with Gasteiger partial charge in [-0.3, -0.25) is 0 Å². The van der Waals surface area contributed by atoms with Crippen molar-refractivity contribution in [1.29, 1.82) is 0 Å². The quantitative estimate of drug-likeness (QED) is 0.849. The number of nitrogens with one attached hydrogen (secondary N) is 1. The zero-order valence-electron chi connectivity index (χ0n) is 12.8. The van der Waals surface area contributed by atoms with Crippen molar-refractivity contribution >= 4 is 33.0 Å². The normalized spacial score (nSPS) is 17.6. The number of halogens is 2. The van der Waals surface area contributed by atoms with Gasteiger partial charge in [0.25, 0.3) is 0 Å². The van der Waals surface area contributed by atoms with E-state index in [0.717, 1.165) is 0 Å². The van der Waals surface area contributed by atoms with Crippen molar-refractivity contribution < 1.29 is 13.5 Å². The van der Waals surface area contributed by atoms with Gasteiger partial charge in [-0.05, 0) is 50.2 Å². The first kappa shape index (κ1) is 17.7. The van der Waals surface area contributed by atoms with Gasteiger partial charge in [-0.1, -0.05) is 41.4 Å². The number of aliphatic hydroxyl groups is 1. The predicted molar refractivity (Wildman–Crippen MR) is 94.4 cm³/mol. The van der Waals surface area contributed by atoms with Gasteiger partial charge in [0.15, 0.2) is 0 Å². The van der Waals surface area contributed by atoms with Crippen molar-refractivity contribution in [3.8, 4) is 0 Å². The fraction of sp³-hybridized carbons (Fsp3) is 0.294. The molecule has 0 aromatic heterocycles. The van der Waals surface area contributed by atoms with Gasteiger partial charge in [0, 0.05) is 10.6 Å². The maximum atomic E-state index is 13.1. The topological polar surface area (TPSA) is 66.4 Å². The Morgan fingerprint density at radius 3 is 2.33 bits per heavy atom. The molecule has 0 spiro atoms. The first-order valence-electron chi connectivity index (χ1n) is 7.57. The van der Waals surface area contributed by atoms with Crippen molar-refractivity contribution in [2.24, 2.45) is 0 Å². The monoisotopic (exact) mass is 385 g/mol. The van der Waals surface area contributed by atoms with Gasteiger partial charge in [-0.15, -0.1) is 0 Å². The van der Waals surface area contributed by atoms with Crippen molar-refractivity contribution in [1.82, 2.24) is 5.32 Å². The van der Waals surface area contributed by atoms with Gasteiger partial charge in [0.1, 0.15) is 0 Å². The number of hydrogen-bond acceptors (Lipinski definition) is 4. The molecule has 0 bridgehead atoms. The Hall–Kier alpha value is -1.11. The van der Waals surface area contributed by atoms with Crippen LogP contribution in [0.4, 0.5) is 0 Å². The molecule has 1 fully saturated rings. The van der Waals surface area contributed by atoms with Crippen LogP contribution in [0.5, 0.6) is 0 Å². The zero-order valence-corrected chi connectivity index (χ0v) is 15.1. The Balaban J connectivity index is 2.16. The summed E-state index contributed by atoms with van der Waals surface area (Å²) in [7, 11) is -3.88. The lowest BCUT2D eigenvalue weighted by molar-refractivity contribution is 0.00333. The zero-order chi connectivity index (χ0) is 17.4. The summed E-state index contributed by atoms with van der Waals surface area (Å²) in [6.07, 6.45) is 0.905. The van der Waals surface area contributed by atoms with Gasteiger partial charge in [-0.25, -0.2) is 8.42 Å². The molecule has 0 radical (unpaired) electrons. The highest BCUT2D eigenvalue weighted by molar-refractivity contribution is 7.91. The summed E-state index contributed by atoms with van der Waals surface area (Å²) >= 11 is 12.0. The highest BCUT2D eigenvalue weighted by Crippen LogP contribution is 2.38. The molecule has 2 aromatic rings. The summed E-state index contributed by atoms with van der Waals surface area (Å²) < 4.78 is 26.2. The van der Waals surface area contributed by atoms with Crippen LogP contribution in [-0.4, -0.2) is 26.6 Å². The lowest BCUT2D eigenvalue weighted by Crippen LogP contribution is -2.40. The molecule has 1 saturated heterocycles. The van der Waals surface area contributed by atoms with E-state index >= 15 is 0 Å². The van der Waals surface area contributed by atoms with Crippen LogP contribution >= 0.6 is 23.2 Å². The van der Waals surface area contributed by atoms with Crippen LogP contribution in [-0.2, 0) is 15.4 Å². The van der Waals surface area contributed by atoms with E-state index in [-0.39, 0.29) is 14.8 Å². The lowest BCUT2D eigenvalue weighted by Gasteiger charge is -2.34. The van der Waals surface area contributed by atoms with E-state index in [4.69, 9.17) is 23.2 Å². The highest BCUT2D eigenvalue weighted by Gasteiger charge is 2.36. The Bertz CT molecular complexity index is 862. The van der Waals surface area contributed by atoms with E-state index in [1.54, 1.807) is 18.2 Å². The maximum absolute atomic E-state index is 13.1. The van der Waals surface area contributed by atoms with Gasteiger partial charge >= 0.3 is 0 Å². The second-order valence-corrected chi connectivity index (χ2v) is 8.59. The number of benzene rings is 2. The maximum Gasteiger partial charge on any atom is 0.208 e. The van der Waals surface area contributed by atoms with Crippen molar-refractivity contribution in [2.45, 2.75) is 28.2 Å². The molecule has 7 heteroatoms. The number of hydrogen-bond donors (Lipinski definition) is 2. The molecular weight excluding hydrogens is 369 g/mol. The SMILES string of the molecule is O=S(=O)(c1ccc(Cl)cc1Cl)c1ccccc1C1(O)CCNCC1. The highest BCUT2D eigenvalue weighted by atomic mass is 35.5. The summed E-state index contributed by atoms with van der Waals surface area (Å²) in [5, 5.41) is 14.6. The molecule has 1 heterocycles. The average Bonchev–Trinajstić information content (AvgIpc) is 2.55. The average molecular weight is 386 g/mol. The van der Waals surface area contributed by atoms with E-state index in [2.05, 4.69) is 5.32 Å². The second-order valence-electron chi connectivity index (χ2n) is 5.86. The fourth-order valence-corrected chi connectivity index (χ4v) is 5.32. The largest absolute Gasteiger partial charge is 0.385 e. The van der Waals surface area contributed by atoms with Crippen LogP contribution in [0.1, 0.15) is 18.4 Å². The first-order chi connectivity index (χ1) is 11.3. The van der Waals surface area contributed by atoms with E-state index in [1.165, 1.54) is 24.3 Å². The number of sulfone groups is 1. The summed E-state index contributed by atoms with van der Waals surface area (Å²) in [5.41, 5.74) is -0.758. The van der Waals surface area contributed by atoms with Crippen molar-refractivity contribution in [3.05, 3.63) is 58.1 Å². The molecule has 0 amide bonds. The van der Waals surface area contributed by atoms with Gasteiger partial charge in [0.2, 0.25) is 9.84 Å². The molecule has 2 aromatic carbocycles. The molecule has 4 nitrogen and oxygen atoms in total. The van der Waals surface area contributed by atoms with Crippen molar-refractivity contribution in [3.63, 3.8) is 0 Å². The summed E-state index contributed by atoms with van der Waals surface area (Å²) in [6, 6.07) is 10.8. The minimum absolute atomic E-state index is 0.0152. The number of rotatable bonds is 3. The summed E-state index contributed by atoms with van der Waals surface area (Å²) in [5.74, 6) is 0. The summed E-state index contributed by atoms with van der Waals surface area (Å²) in [4.78, 5) is 0.0668. The number of piperidine rings is 1. The minimum Gasteiger partial charge on any atom is -0.385 e. The lowest BCUT2D eigenvalue weighted by atomic mass is 9.85. The molecule has 0 aliphatic carbocycles. The Morgan fingerprint density at radius 2 is 1.67 bits per heavy atom. The Morgan fingerprint density at radius 1 is 1.00 bits per heavy atom. The van der Waals surface area contributed by atoms with Crippen LogP contribution in [0.15, 0.2) is 52.3 Å². The third-order valence-corrected chi connectivity index (χ3v) is 6.82. The van der Waals surface area contributed by atoms with E-state index in [1.807, 2.05) is 0 Å². The Kier molecular flexibility index (Phi) is 4.91. The Labute approximate surface area is 151 Å². The molecule has 0 saturated carbocycles. The van der Waals surface area contributed by atoms with E-state index < -0.39 is 15.4 Å². The third kappa shape index (κ3) is 3.19. The molecule has 128 valence electrons. The second kappa shape index (κ2) is 6.65. The molecule has 1 aliphatic heterocycles. The molecule has 0 atom stereocenters. The molecule has 0 unspecified atom stereocenters. The van der Waals surface area contributed by atoms with Gasteiger partial charge in [-0.2, -0.15) is 0 Å². The third-order valence-electron chi connectivity index (χ3n) is 4.29. The smallest absolute Gasteiger partial charge is 0.208 e.